The van der Waals surface area contributed by atoms with E-state index in [1.165, 1.54) is 12.1 Å². The van der Waals surface area contributed by atoms with Crippen molar-refractivity contribution in [1.29, 1.82) is 0 Å². The lowest BCUT2D eigenvalue weighted by atomic mass is 10.2. The van der Waals surface area contributed by atoms with Crippen molar-refractivity contribution in [3.63, 3.8) is 0 Å². The summed E-state index contributed by atoms with van der Waals surface area (Å²) in [6.45, 7) is 3.47. The van der Waals surface area contributed by atoms with Gasteiger partial charge in [-0.15, -0.1) is 24.0 Å². The second kappa shape index (κ2) is 12.5. The molecule has 0 bridgehead atoms. The van der Waals surface area contributed by atoms with Crippen molar-refractivity contribution in [2.45, 2.75) is 36.8 Å². The number of sulfonamides is 1. The predicted octanol–water partition coefficient (Wildman–Crippen LogP) is 1.20. The van der Waals surface area contributed by atoms with Crippen LogP contribution in [0.4, 0.5) is 0 Å². The highest BCUT2D eigenvalue weighted by Crippen LogP contribution is 2.11. The van der Waals surface area contributed by atoms with Crippen molar-refractivity contribution in [2.24, 2.45) is 10.1 Å². The molecule has 10 heteroatoms. The van der Waals surface area contributed by atoms with Gasteiger partial charge in [0.25, 0.3) is 0 Å². The fraction of sp³-hybridized carbons (Fsp3) is 0.588. The molecule has 1 aromatic carbocycles. The Kier molecular flexibility index (Phi) is 11.1. The molecular weight excluding hydrogens is 483 g/mol. The minimum absolute atomic E-state index is 0. The van der Waals surface area contributed by atoms with Gasteiger partial charge < -0.3 is 20.1 Å². The van der Waals surface area contributed by atoms with Gasteiger partial charge in [-0.1, -0.05) is 12.1 Å². The summed E-state index contributed by atoms with van der Waals surface area (Å²) in [5.74, 6) is 0.680. The normalized spacial score (nSPS) is 17.4. The third-order valence-electron chi connectivity index (χ3n) is 4.02. The second-order valence-electron chi connectivity index (χ2n) is 6.10. The molecule has 2 rings (SSSR count). The number of guanidine groups is 1. The summed E-state index contributed by atoms with van der Waals surface area (Å²) in [4.78, 5) is 4.26. The number of hydrogen-bond donors (Lipinski definition) is 3. The van der Waals surface area contributed by atoms with Crippen LogP contribution < -0.4 is 15.8 Å². The molecule has 0 amide bonds. The highest BCUT2D eigenvalue weighted by Gasteiger charge is 2.14. The van der Waals surface area contributed by atoms with Gasteiger partial charge in [0.1, 0.15) is 0 Å². The Hall–Kier alpha value is -0.950. The molecule has 0 aliphatic carbocycles. The number of nitrogens with zero attached hydrogens (tertiary/aromatic N) is 1. The molecular formula is C17H29IN4O4S. The van der Waals surface area contributed by atoms with E-state index in [-0.39, 0.29) is 35.0 Å². The van der Waals surface area contributed by atoms with Crippen LogP contribution in [-0.2, 0) is 26.0 Å². The van der Waals surface area contributed by atoms with Crippen molar-refractivity contribution in [2.75, 3.05) is 33.4 Å². The molecule has 8 nitrogen and oxygen atoms in total. The summed E-state index contributed by atoms with van der Waals surface area (Å²) >= 11 is 0. The van der Waals surface area contributed by atoms with Crippen LogP contribution in [0.25, 0.3) is 0 Å². The number of ether oxygens (including phenoxy) is 2. The standard InChI is InChI=1S/C17H28N4O4S.HI/c1-19-17(20-9-3-10-24-13-15-4-2-11-25-15)21-12-14-5-7-16(8-6-14)26(18,22)23;/h5-8,15H,2-4,9-13H2,1H3,(H2,18,22,23)(H2,19,20,21);1H. The molecule has 1 aromatic rings. The summed E-state index contributed by atoms with van der Waals surface area (Å²) < 4.78 is 33.6. The molecule has 27 heavy (non-hydrogen) atoms. The molecule has 0 aromatic heterocycles. The van der Waals surface area contributed by atoms with Crippen LogP contribution in [-0.4, -0.2) is 53.9 Å². The third kappa shape index (κ3) is 9.19. The van der Waals surface area contributed by atoms with Crippen LogP contribution in [0, 0.1) is 0 Å². The summed E-state index contributed by atoms with van der Waals surface area (Å²) in [6, 6.07) is 6.43. The van der Waals surface area contributed by atoms with Crippen LogP contribution in [0.3, 0.4) is 0 Å². The average Bonchev–Trinajstić information content (AvgIpc) is 3.13. The van der Waals surface area contributed by atoms with Crippen molar-refractivity contribution in [3.8, 4) is 0 Å². The molecule has 1 unspecified atom stereocenters. The number of nitrogens with two attached hydrogens (primary N) is 1. The minimum atomic E-state index is -3.66. The maximum Gasteiger partial charge on any atom is 0.238 e. The maximum absolute atomic E-state index is 11.2. The third-order valence-corrected chi connectivity index (χ3v) is 4.95. The number of rotatable bonds is 9. The lowest BCUT2D eigenvalue weighted by molar-refractivity contribution is 0.0168. The summed E-state index contributed by atoms with van der Waals surface area (Å²) in [7, 11) is -1.96. The first kappa shape index (κ1) is 24.1. The van der Waals surface area contributed by atoms with Crippen LogP contribution in [0.1, 0.15) is 24.8 Å². The van der Waals surface area contributed by atoms with Crippen molar-refractivity contribution in [1.82, 2.24) is 10.6 Å². The van der Waals surface area contributed by atoms with Gasteiger partial charge in [0.15, 0.2) is 5.96 Å². The molecule has 1 fully saturated rings. The second-order valence-corrected chi connectivity index (χ2v) is 7.67. The maximum atomic E-state index is 11.2. The molecule has 1 aliphatic rings. The Labute approximate surface area is 178 Å². The van der Waals surface area contributed by atoms with Crippen LogP contribution in [0.2, 0.25) is 0 Å². The zero-order valence-electron chi connectivity index (χ0n) is 15.5. The Balaban J connectivity index is 0.00000364. The Morgan fingerprint density at radius 1 is 1.33 bits per heavy atom. The summed E-state index contributed by atoms with van der Waals surface area (Å²) in [5.41, 5.74) is 0.931. The number of halogens is 1. The molecule has 154 valence electrons. The van der Waals surface area contributed by atoms with Gasteiger partial charge in [-0.3, -0.25) is 4.99 Å². The zero-order chi connectivity index (χ0) is 18.8. The molecule has 0 saturated carbocycles. The lowest BCUT2D eigenvalue weighted by Gasteiger charge is -2.13. The fourth-order valence-corrected chi connectivity index (χ4v) is 3.09. The number of nitrogens with one attached hydrogen (secondary N) is 2. The number of benzene rings is 1. The topological polar surface area (TPSA) is 115 Å². The Bertz CT molecular complexity index is 677. The first-order chi connectivity index (χ1) is 12.5. The van der Waals surface area contributed by atoms with Gasteiger partial charge in [-0.25, -0.2) is 13.6 Å². The van der Waals surface area contributed by atoms with Gasteiger partial charge >= 0.3 is 0 Å². The summed E-state index contributed by atoms with van der Waals surface area (Å²) in [5, 5.41) is 11.5. The van der Waals surface area contributed by atoms with E-state index in [1.54, 1.807) is 19.2 Å². The Morgan fingerprint density at radius 3 is 2.67 bits per heavy atom. The van der Waals surface area contributed by atoms with Gasteiger partial charge in [0, 0.05) is 33.4 Å². The SMILES string of the molecule is CN=C(NCCCOCC1CCCO1)NCc1ccc(S(N)(=O)=O)cc1.I. The number of hydrogen-bond acceptors (Lipinski definition) is 5. The van der Waals surface area contributed by atoms with Crippen molar-refractivity contribution < 1.29 is 17.9 Å². The summed E-state index contributed by atoms with van der Waals surface area (Å²) in [6.07, 6.45) is 3.35. The van der Waals surface area contributed by atoms with Gasteiger partial charge in [-0.2, -0.15) is 0 Å². The van der Waals surface area contributed by atoms with E-state index < -0.39 is 10.0 Å². The van der Waals surface area contributed by atoms with E-state index in [4.69, 9.17) is 14.6 Å². The van der Waals surface area contributed by atoms with E-state index >= 15 is 0 Å². The van der Waals surface area contributed by atoms with E-state index in [0.29, 0.717) is 25.7 Å². The molecule has 1 aliphatic heterocycles. The van der Waals surface area contributed by atoms with E-state index in [9.17, 15) is 8.42 Å². The van der Waals surface area contributed by atoms with Crippen LogP contribution in [0.15, 0.2) is 34.2 Å². The molecule has 0 spiro atoms. The van der Waals surface area contributed by atoms with Gasteiger partial charge in [0.05, 0.1) is 17.6 Å². The predicted molar refractivity (Wildman–Crippen MR) is 116 cm³/mol. The smallest absolute Gasteiger partial charge is 0.238 e. The fourth-order valence-electron chi connectivity index (χ4n) is 2.57. The van der Waals surface area contributed by atoms with Gasteiger partial charge in [0.2, 0.25) is 10.0 Å². The molecule has 1 atom stereocenters. The molecule has 1 heterocycles. The van der Waals surface area contributed by atoms with Gasteiger partial charge in [-0.05, 0) is 37.0 Å². The molecule has 4 N–H and O–H groups in total. The van der Waals surface area contributed by atoms with E-state index in [2.05, 4.69) is 15.6 Å². The minimum Gasteiger partial charge on any atom is -0.379 e. The lowest BCUT2D eigenvalue weighted by Crippen LogP contribution is -2.37. The van der Waals surface area contributed by atoms with E-state index in [1.807, 2.05) is 0 Å². The van der Waals surface area contributed by atoms with Crippen LogP contribution >= 0.6 is 24.0 Å². The van der Waals surface area contributed by atoms with Crippen molar-refractivity contribution >= 4 is 40.0 Å². The quantitative estimate of drug-likeness (QED) is 0.198. The molecule has 0 radical (unpaired) electrons. The van der Waals surface area contributed by atoms with E-state index in [0.717, 1.165) is 38.0 Å². The number of aliphatic imine (C=N–C) groups is 1. The van der Waals surface area contributed by atoms with Crippen molar-refractivity contribution in [3.05, 3.63) is 29.8 Å². The monoisotopic (exact) mass is 512 g/mol. The average molecular weight is 512 g/mol. The van der Waals surface area contributed by atoms with Crippen LogP contribution in [0.5, 0.6) is 0 Å². The zero-order valence-corrected chi connectivity index (χ0v) is 18.7. The Morgan fingerprint density at radius 2 is 2.07 bits per heavy atom. The number of primary sulfonamides is 1. The highest BCUT2D eigenvalue weighted by molar-refractivity contribution is 14.0. The largest absolute Gasteiger partial charge is 0.379 e. The molecule has 1 saturated heterocycles. The first-order valence-electron chi connectivity index (χ1n) is 8.74. The highest BCUT2D eigenvalue weighted by atomic mass is 127. The first-order valence-corrected chi connectivity index (χ1v) is 10.3.